The second kappa shape index (κ2) is 6.47. The molecule has 0 bridgehead atoms. The highest BCUT2D eigenvalue weighted by Gasteiger charge is 2.13. The SMILES string of the molecule is CCCC[C@@H](CO)Nc1nc(N)nc2c(C)ccnc12. The van der Waals surface area contributed by atoms with Crippen molar-refractivity contribution in [3.8, 4) is 0 Å². The molecule has 0 aliphatic carbocycles. The molecule has 0 saturated heterocycles. The molecule has 4 N–H and O–H groups in total. The zero-order valence-corrected chi connectivity index (χ0v) is 11.9. The monoisotopic (exact) mass is 275 g/mol. The number of hydrogen-bond acceptors (Lipinski definition) is 6. The molecule has 0 radical (unpaired) electrons. The summed E-state index contributed by atoms with van der Waals surface area (Å²) in [6.07, 6.45) is 4.73. The molecule has 0 fully saturated rings. The van der Waals surface area contributed by atoms with E-state index in [4.69, 9.17) is 5.73 Å². The Morgan fingerprint density at radius 2 is 2.15 bits per heavy atom. The van der Waals surface area contributed by atoms with Crippen LogP contribution in [0.4, 0.5) is 11.8 Å². The Morgan fingerprint density at radius 3 is 2.85 bits per heavy atom. The highest BCUT2D eigenvalue weighted by Crippen LogP contribution is 2.22. The number of rotatable bonds is 6. The van der Waals surface area contributed by atoms with Gasteiger partial charge in [-0.15, -0.1) is 0 Å². The Balaban J connectivity index is 2.35. The number of nitrogens with two attached hydrogens (primary N) is 1. The molecule has 0 aliphatic rings. The van der Waals surface area contributed by atoms with Crippen LogP contribution >= 0.6 is 0 Å². The second-order valence-corrected chi connectivity index (χ2v) is 4.92. The summed E-state index contributed by atoms with van der Waals surface area (Å²) in [4.78, 5) is 12.8. The van der Waals surface area contributed by atoms with Crippen LogP contribution in [-0.2, 0) is 0 Å². The van der Waals surface area contributed by atoms with Crippen LogP contribution < -0.4 is 11.1 Å². The van der Waals surface area contributed by atoms with E-state index in [-0.39, 0.29) is 18.6 Å². The van der Waals surface area contributed by atoms with Crippen LogP contribution in [0.15, 0.2) is 12.3 Å². The van der Waals surface area contributed by atoms with Gasteiger partial charge in [0.1, 0.15) is 5.52 Å². The molecule has 2 heterocycles. The smallest absolute Gasteiger partial charge is 0.222 e. The van der Waals surface area contributed by atoms with Gasteiger partial charge in [0.25, 0.3) is 0 Å². The first kappa shape index (κ1) is 14.5. The fraction of sp³-hybridized carbons (Fsp3) is 0.500. The zero-order chi connectivity index (χ0) is 14.5. The van der Waals surface area contributed by atoms with E-state index in [0.29, 0.717) is 11.3 Å². The molecule has 6 heteroatoms. The third-order valence-electron chi connectivity index (χ3n) is 3.27. The minimum absolute atomic E-state index is 0.0465. The van der Waals surface area contributed by atoms with Crippen molar-refractivity contribution in [2.45, 2.75) is 39.2 Å². The lowest BCUT2D eigenvalue weighted by molar-refractivity contribution is 0.267. The van der Waals surface area contributed by atoms with E-state index in [2.05, 4.69) is 27.2 Å². The molecule has 0 aromatic carbocycles. The maximum absolute atomic E-state index is 9.45. The number of unbranched alkanes of at least 4 members (excludes halogenated alkanes) is 1. The van der Waals surface area contributed by atoms with Gasteiger partial charge >= 0.3 is 0 Å². The molecule has 0 spiro atoms. The maximum atomic E-state index is 9.45. The van der Waals surface area contributed by atoms with Gasteiger partial charge in [0.15, 0.2) is 5.82 Å². The highest BCUT2D eigenvalue weighted by atomic mass is 16.3. The van der Waals surface area contributed by atoms with Crippen LogP contribution in [0.1, 0.15) is 31.7 Å². The van der Waals surface area contributed by atoms with Crippen molar-refractivity contribution in [1.29, 1.82) is 0 Å². The number of hydrogen-bond donors (Lipinski definition) is 3. The van der Waals surface area contributed by atoms with Crippen molar-refractivity contribution in [3.05, 3.63) is 17.8 Å². The fourth-order valence-corrected chi connectivity index (χ4v) is 2.13. The minimum atomic E-state index is -0.0465. The molecule has 0 saturated carbocycles. The van der Waals surface area contributed by atoms with Crippen LogP contribution in [0.3, 0.4) is 0 Å². The molecule has 108 valence electrons. The molecule has 6 nitrogen and oxygen atoms in total. The normalized spacial score (nSPS) is 12.6. The number of aromatic nitrogens is 3. The lowest BCUT2D eigenvalue weighted by atomic mass is 10.1. The van der Waals surface area contributed by atoms with Crippen LogP contribution in [0.2, 0.25) is 0 Å². The third-order valence-corrected chi connectivity index (χ3v) is 3.27. The molecular formula is C14H21N5O. The number of aliphatic hydroxyl groups is 1. The Hall–Kier alpha value is -1.95. The third kappa shape index (κ3) is 3.14. The van der Waals surface area contributed by atoms with Crippen LogP contribution in [0.5, 0.6) is 0 Å². The molecule has 20 heavy (non-hydrogen) atoms. The number of anilines is 2. The Kier molecular flexibility index (Phi) is 4.68. The number of pyridine rings is 1. The van der Waals surface area contributed by atoms with Crippen molar-refractivity contribution < 1.29 is 5.11 Å². The maximum Gasteiger partial charge on any atom is 0.222 e. The lowest BCUT2D eigenvalue weighted by Crippen LogP contribution is -2.25. The van der Waals surface area contributed by atoms with Gasteiger partial charge in [-0.1, -0.05) is 19.8 Å². The number of nitrogen functional groups attached to an aromatic ring is 1. The molecule has 0 aliphatic heterocycles. The zero-order valence-electron chi connectivity index (χ0n) is 11.9. The first-order valence-electron chi connectivity index (χ1n) is 6.92. The van der Waals surface area contributed by atoms with E-state index in [0.717, 1.165) is 30.3 Å². The largest absolute Gasteiger partial charge is 0.394 e. The lowest BCUT2D eigenvalue weighted by Gasteiger charge is -2.17. The summed E-state index contributed by atoms with van der Waals surface area (Å²) in [5.41, 5.74) is 8.19. The van der Waals surface area contributed by atoms with Gasteiger partial charge in [-0.3, -0.25) is 4.98 Å². The van der Waals surface area contributed by atoms with Crippen molar-refractivity contribution >= 4 is 22.8 Å². The summed E-state index contributed by atoms with van der Waals surface area (Å²) in [5, 5.41) is 12.7. The molecule has 2 aromatic heterocycles. The minimum Gasteiger partial charge on any atom is -0.394 e. The number of nitrogens with one attached hydrogen (secondary N) is 1. The standard InChI is InChI=1S/C14H21N5O/c1-3-4-5-10(8-20)17-13-12-11(18-14(15)19-13)9(2)6-7-16-12/h6-7,10,20H,3-5,8H2,1-2H3,(H3,15,17,18,19)/t10-/m0/s1. The predicted octanol–water partition coefficient (Wildman–Crippen LogP) is 1.88. The molecular weight excluding hydrogens is 254 g/mol. The van der Waals surface area contributed by atoms with Crippen molar-refractivity contribution in [3.63, 3.8) is 0 Å². The van der Waals surface area contributed by atoms with E-state index in [1.807, 2.05) is 13.0 Å². The Labute approximate surface area is 118 Å². The molecule has 1 atom stereocenters. The van der Waals surface area contributed by atoms with Gasteiger partial charge in [0.05, 0.1) is 18.2 Å². The molecule has 2 rings (SSSR count). The first-order chi connectivity index (χ1) is 9.65. The number of aliphatic hydroxyl groups excluding tert-OH is 1. The van der Waals surface area contributed by atoms with Crippen LogP contribution in [-0.4, -0.2) is 32.7 Å². The predicted molar refractivity (Wildman–Crippen MR) is 80.5 cm³/mol. The number of fused-ring (bicyclic) bond motifs is 1. The van der Waals surface area contributed by atoms with Gasteiger partial charge in [0.2, 0.25) is 5.95 Å². The summed E-state index contributed by atoms with van der Waals surface area (Å²) in [6, 6.07) is 1.84. The Morgan fingerprint density at radius 1 is 1.35 bits per heavy atom. The van der Waals surface area contributed by atoms with E-state index < -0.39 is 0 Å². The van der Waals surface area contributed by atoms with Gasteiger partial charge < -0.3 is 16.2 Å². The summed E-state index contributed by atoms with van der Waals surface area (Å²) in [7, 11) is 0. The highest BCUT2D eigenvalue weighted by molar-refractivity contribution is 5.88. The second-order valence-electron chi connectivity index (χ2n) is 4.92. The Bertz CT molecular complexity index is 587. The quantitative estimate of drug-likeness (QED) is 0.744. The van der Waals surface area contributed by atoms with E-state index in [1.165, 1.54) is 0 Å². The summed E-state index contributed by atoms with van der Waals surface area (Å²) in [5.74, 6) is 0.801. The van der Waals surface area contributed by atoms with Crippen LogP contribution in [0, 0.1) is 6.92 Å². The van der Waals surface area contributed by atoms with E-state index in [1.54, 1.807) is 6.20 Å². The molecule has 0 unspecified atom stereocenters. The summed E-state index contributed by atoms with van der Waals surface area (Å²) in [6.45, 7) is 4.13. The van der Waals surface area contributed by atoms with Gasteiger partial charge in [-0.05, 0) is 25.0 Å². The van der Waals surface area contributed by atoms with Crippen molar-refractivity contribution in [2.75, 3.05) is 17.7 Å². The number of nitrogens with zero attached hydrogens (tertiary/aromatic N) is 3. The molecule has 0 amide bonds. The fourth-order valence-electron chi connectivity index (χ4n) is 2.13. The average molecular weight is 275 g/mol. The van der Waals surface area contributed by atoms with Gasteiger partial charge in [0, 0.05) is 6.20 Å². The van der Waals surface area contributed by atoms with Crippen molar-refractivity contribution in [1.82, 2.24) is 15.0 Å². The van der Waals surface area contributed by atoms with Crippen molar-refractivity contribution in [2.24, 2.45) is 0 Å². The van der Waals surface area contributed by atoms with E-state index >= 15 is 0 Å². The van der Waals surface area contributed by atoms with Gasteiger partial charge in [-0.25, -0.2) is 4.98 Å². The first-order valence-corrected chi connectivity index (χ1v) is 6.92. The number of aryl methyl sites for hydroxylation is 1. The summed E-state index contributed by atoms with van der Waals surface area (Å²) < 4.78 is 0. The van der Waals surface area contributed by atoms with Crippen LogP contribution in [0.25, 0.3) is 11.0 Å². The summed E-state index contributed by atoms with van der Waals surface area (Å²) >= 11 is 0. The topological polar surface area (TPSA) is 97.0 Å². The van der Waals surface area contributed by atoms with E-state index in [9.17, 15) is 5.11 Å². The molecule has 2 aromatic rings. The average Bonchev–Trinajstić information content (AvgIpc) is 2.44. The van der Waals surface area contributed by atoms with Gasteiger partial charge in [-0.2, -0.15) is 4.98 Å².